The van der Waals surface area contributed by atoms with Crippen LogP contribution in [-0.2, 0) is 4.74 Å². The maximum Gasteiger partial charge on any atom is 0.0655 e. The number of aliphatic hydroxyl groups is 1. The van der Waals surface area contributed by atoms with Gasteiger partial charge in [0.1, 0.15) is 0 Å². The van der Waals surface area contributed by atoms with Crippen molar-refractivity contribution in [2.24, 2.45) is 5.41 Å². The minimum Gasteiger partial charge on any atom is -0.396 e. The van der Waals surface area contributed by atoms with Crippen LogP contribution in [0.15, 0.2) is 0 Å². The van der Waals surface area contributed by atoms with E-state index < -0.39 is 0 Å². The first-order valence-corrected chi connectivity index (χ1v) is 5.58. The van der Waals surface area contributed by atoms with Crippen LogP contribution in [0.2, 0.25) is 0 Å². The number of hydrogen-bond acceptors (Lipinski definition) is 3. The highest BCUT2D eigenvalue weighted by molar-refractivity contribution is 5.02. The summed E-state index contributed by atoms with van der Waals surface area (Å²) in [7, 11) is 0. The Bertz CT molecular complexity index is 169. The van der Waals surface area contributed by atoms with Crippen LogP contribution in [0.4, 0.5) is 0 Å². The van der Waals surface area contributed by atoms with Gasteiger partial charge in [-0.3, -0.25) is 0 Å². The Morgan fingerprint density at radius 3 is 2.71 bits per heavy atom. The minimum absolute atomic E-state index is 0.242. The van der Waals surface area contributed by atoms with Crippen LogP contribution in [0, 0.1) is 5.41 Å². The molecule has 0 radical (unpaired) electrons. The molecule has 0 aromatic heterocycles. The Morgan fingerprint density at radius 1 is 1.50 bits per heavy atom. The Morgan fingerprint density at radius 2 is 2.21 bits per heavy atom. The maximum absolute atomic E-state index is 8.67. The molecule has 0 amide bonds. The molecule has 1 aliphatic rings. The molecule has 1 saturated carbocycles. The van der Waals surface area contributed by atoms with Crippen molar-refractivity contribution >= 4 is 0 Å². The molecular weight excluding hydrogens is 178 g/mol. The van der Waals surface area contributed by atoms with Crippen LogP contribution >= 0.6 is 0 Å². The van der Waals surface area contributed by atoms with Gasteiger partial charge in [-0.25, -0.2) is 0 Å². The topological polar surface area (TPSA) is 41.5 Å². The van der Waals surface area contributed by atoms with E-state index in [2.05, 4.69) is 19.2 Å². The zero-order chi connectivity index (χ0) is 10.6. The molecule has 1 aliphatic carbocycles. The molecule has 0 heterocycles. The summed E-state index contributed by atoms with van der Waals surface area (Å²) in [6, 6.07) is 0.547. The van der Waals surface area contributed by atoms with Crippen molar-refractivity contribution in [3.8, 4) is 0 Å². The zero-order valence-electron chi connectivity index (χ0n) is 9.55. The highest BCUT2D eigenvalue weighted by atomic mass is 16.5. The van der Waals surface area contributed by atoms with E-state index in [1.165, 1.54) is 0 Å². The normalized spacial score (nSPS) is 30.0. The summed E-state index contributed by atoms with van der Waals surface area (Å²) in [6.07, 6.45) is 2.34. The monoisotopic (exact) mass is 201 g/mol. The molecule has 3 nitrogen and oxygen atoms in total. The fourth-order valence-electron chi connectivity index (χ4n) is 2.07. The molecule has 0 saturated heterocycles. The molecule has 14 heavy (non-hydrogen) atoms. The Kier molecular flexibility index (Phi) is 4.35. The van der Waals surface area contributed by atoms with Gasteiger partial charge >= 0.3 is 0 Å². The summed E-state index contributed by atoms with van der Waals surface area (Å²) < 4.78 is 5.64. The third-order valence-corrected chi connectivity index (χ3v) is 3.27. The van der Waals surface area contributed by atoms with E-state index in [4.69, 9.17) is 9.84 Å². The lowest BCUT2D eigenvalue weighted by Gasteiger charge is -2.52. The summed E-state index contributed by atoms with van der Waals surface area (Å²) in [5.74, 6) is 0. The average Bonchev–Trinajstić information content (AvgIpc) is 2.15. The lowest BCUT2D eigenvalue weighted by atomic mass is 9.64. The minimum atomic E-state index is 0.242. The van der Waals surface area contributed by atoms with E-state index >= 15 is 0 Å². The van der Waals surface area contributed by atoms with E-state index in [1.54, 1.807) is 0 Å². The summed E-state index contributed by atoms with van der Waals surface area (Å²) in [4.78, 5) is 0. The highest BCUT2D eigenvalue weighted by Gasteiger charge is 2.48. The molecule has 84 valence electrons. The van der Waals surface area contributed by atoms with Gasteiger partial charge in [0.05, 0.1) is 6.10 Å². The Hall–Kier alpha value is -0.120. The quantitative estimate of drug-likeness (QED) is 0.634. The second-order valence-electron chi connectivity index (χ2n) is 4.58. The number of hydrogen-bond donors (Lipinski definition) is 2. The molecule has 0 aromatic rings. The molecule has 3 heteroatoms. The van der Waals surface area contributed by atoms with E-state index in [-0.39, 0.29) is 12.0 Å². The molecule has 0 aliphatic heterocycles. The first-order valence-electron chi connectivity index (χ1n) is 5.58. The van der Waals surface area contributed by atoms with Crippen LogP contribution in [-0.4, -0.2) is 37.0 Å². The van der Waals surface area contributed by atoms with E-state index in [0.717, 1.165) is 26.0 Å². The number of nitrogens with one attached hydrogen (secondary N) is 1. The van der Waals surface area contributed by atoms with E-state index in [9.17, 15) is 0 Å². The van der Waals surface area contributed by atoms with Crippen molar-refractivity contribution in [3.63, 3.8) is 0 Å². The standard InChI is InChI=1S/C11H23NO2/c1-4-14-10-8-9(11(10,2)3)12-6-5-7-13/h9-10,12-13H,4-8H2,1-3H3. The van der Waals surface area contributed by atoms with Crippen LogP contribution < -0.4 is 5.32 Å². The lowest BCUT2D eigenvalue weighted by molar-refractivity contribution is -0.114. The second kappa shape index (κ2) is 5.10. The molecule has 0 aromatic carbocycles. The first-order chi connectivity index (χ1) is 6.62. The van der Waals surface area contributed by atoms with Crippen molar-refractivity contribution in [2.45, 2.75) is 45.8 Å². The van der Waals surface area contributed by atoms with Crippen molar-refractivity contribution in [1.29, 1.82) is 0 Å². The van der Waals surface area contributed by atoms with Crippen molar-refractivity contribution in [1.82, 2.24) is 5.32 Å². The van der Waals surface area contributed by atoms with E-state index in [0.29, 0.717) is 12.1 Å². The first kappa shape index (κ1) is 12.0. The fraction of sp³-hybridized carbons (Fsp3) is 1.00. The van der Waals surface area contributed by atoms with Crippen molar-refractivity contribution in [2.75, 3.05) is 19.8 Å². The molecule has 1 fully saturated rings. The van der Waals surface area contributed by atoms with Gasteiger partial charge in [0, 0.05) is 24.7 Å². The maximum atomic E-state index is 8.67. The van der Waals surface area contributed by atoms with Gasteiger partial charge in [-0.05, 0) is 26.3 Å². The third-order valence-electron chi connectivity index (χ3n) is 3.27. The molecular formula is C11H23NO2. The Labute approximate surface area is 86.8 Å². The summed E-state index contributed by atoms with van der Waals surface area (Å²) in [5, 5.41) is 12.1. The SMILES string of the molecule is CCOC1CC(NCCCO)C1(C)C. The van der Waals surface area contributed by atoms with Gasteiger partial charge in [-0.1, -0.05) is 13.8 Å². The van der Waals surface area contributed by atoms with Gasteiger partial charge < -0.3 is 15.2 Å². The van der Waals surface area contributed by atoms with Crippen LogP contribution in [0.5, 0.6) is 0 Å². The summed E-state index contributed by atoms with van der Waals surface area (Å²) in [6.45, 7) is 8.51. The van der Waals surface area contributed by atoms with Gasteiger partial charge in [-0.15, -0.1) is 0 Å². The molecule has 1 rings (SSSR count). The number of aliphatic hydroxyl groups excluding tert-OH is 1. The fourth-order valence-corrected chi connectivity index (χ4v) is 2.07. The summed E-state index contributed by atoms with van der Waals surface area (Å²) in [5.41, 5.74) is 0.242. The summed E-state index contributed by atoms with van der Waals surface area (Å²) >= 11 is 0. The molecule has 2 unspecified atom stereocenters. The predicted molar refractivity (Wildman–Crippen MR) is 57.3 cm³/mol. The van der Waals surface area contributed by atoms with Crippen LogP contribution in [0.25, 0.3) is 0 Å². The lowest BCUT2D eigenvalue weighted by Crippen LogP contribution is -2.61. The predicted octanol–water partition coefficient (Wildman–Crippen LogP) is 1.16. The van der Waals surface area contributed by atoms with Gasteiger partial charge in [0.25, 0.3) is 0 Å². The number of ether oxygens (including phenoxy) is 1. The largest absolute Gasteiger partial charge is 0.396 e. The second-order valence-corrected chi connectivity index (χ2v) is 4.58. The molecule has 2 atom stereocenters. The third kappa shape index (κ3) is 2.47. The van der Waals surface area contributed by atoms with Crippen molar-refractivity contribution < 1.29 is 9.84 Å². The van der Waals surface area contributed by atoms with Gasteiger partial charge in [0.15, 0.2) is 0 Å². The van der Waals surface area contributed by atoms with Gasteiger partial charge in [-0.2, -0.15) is 0 Å². The Balaban J connectivity index is 2.24. The van der Waals surface area contributed by atoms with E-state index in [1.807, 2.05) is 6.92 Å². The van der Waals surface area contributed by atoms with Crippen LogP contribution in [0.3, 0.4) is 0 Å². The smallest absolute Gasteiger partial charge is 0.0655 e. The van der Waals surface area contributed by atoms with Crippen molar-refractivity contribution in [3.05, 3.63) is 0 Å². The van der Waals surface area contributed by atoms with Gasteiger partial charge in [0.2, 0.25) is 0 Å². The average molecular weight is 201 g/mol. The zero-order valence-corrected chi connectivity index (χ0v) is 9.55. The highest BCUT2D eigenvalue weighted by Crippen LogP contribution is 2.42. The molecule has 2 N–H and O–H groups in total. The van der Waals surface area contributed by atoms with Crippen LogP contribution in [0.1, 0.15) is 33.6 Å². The molecule has 0 spiro atoms. The molecule has 0 bridgehead atoms. The number of rotatable bonds is 6.